The van der Waals surface area contributed by atoms with E-state index < -0.39 is 11.7 Å². The molecule has 1 saturated carbocycles. The Bertz CT molecular complexity index is 1080. The summed E-state index contributed by atoms with van der Waals surface area (Å²) in [7, 11) is 0. The van der Waals surface area contributed by atoms with E-state index in [2.05, 4.69) is 60.6 Å². The molecular formula is C30H41F3N4O. The van der Waals surface area contributed by atoms with E-state index in [4.69, 9.17) is 5.73 Å². The third-order valence-corrected chi connectivity index (χ3v) is 8.11. The molecule has 208 valence electrons. The molecular weight excluding hydrogens is 489 g/mol. The van der Waals surface area contributed by atoms with Crippen molar-refractivity contribution in [3.8, 4) is 0 Å². The van der Waals surface area contributed by atoms with Gasteiger partial charge < -0.3 is 21.3 Å². The SMILES string of the molecule is CC(C)(C)c1ccc(N2CCC(CNC(=O)C3CCC(Nc4ccc(N)c(C(F)(F)F)c4)CC3)CC2)cc1. The van der Waals surface area contributed by atoms with Gasteiger partial charge in [0.25, 0.3) is 0 Å². The highest BCUT2D eigenvalue weighted by molar-refractivity contribution is 5.78. The lowest BCUT2D eigenvalue weighted by Gasteiger charge is -2.34. The molecule has 1 saturated heterocycles. The minimum atomic E-state index is -4.48. The van der Waals surface area contributed by atoms with E-state index in [0.717, 1.165) is 57.7 Å². The Labute approximate surface area is 224 Å². The van der Waals surface area contributed by atoms with Crippen LogP contribution < -0.4 is 21.3 Å². The van der Waals surface area contributed by atoms with E-state index in [1.807, 2.05) is 0 Å². The van der Waals surface area contributed by atoms with Gasteiger partial charge in [-0.25, -0.2) is 0 Å². The van der Waals surface area contributed by atoms with Gasteiger partial charge in [-0.15, -0.1) is 0 Å². The largest absolute Gasteiger partial charge is 0.418 e. The molecule has 0 unspecified atom stereocenters. The molecule has 0 radical (unpaired) electrons. The number of piperidine rings is 1. The number of halogens is 3. The zero-order chi connectivity index (χ0) is 27.5. The molecule has 2 aromatic carbocycles. The molecule has 38 heavy (non-hydrogen) atoms. The molecule has 0 spiro atoms. The lowest BCUT2D eigenvalue weighted by atomic mass is 9.85. The highest BCUT2D eigenvalue weighted by atomic mass is 19.4. The average molecular weight is 531 g/mol. The predicted octanol–water partition coefficient (Wildman–Crippen LogP) is 6.59. The molecule has 1 amide bonds. The Morgan fingerprint density at radius 3 is 2.16 bits per heavy atom. The Balaban J connectivity index is 1.17. The molecule has 1 aliphatic heterocycles. The van der Waals surface area contributed by atoms with Crippen LogP contribution in [0.3, 0.4) is 0 Å². The van der Waals surface area contributed by atoms with Gasteiger partial charge >= 0.3 is 6.18 Å². The lowest BCUT2D eigenvalue weighted by Crippen LogP contribution is -2.41. The number of nitrogens with two attached hydrogens (primary N) is 1. The van der Waals surface area contributed by atoms with Gasteiger partial charge in [0.1, 0.15) is 0 Å². The van der Waals surface area contributed by atoms with Crippen LogP contribution in [0.2, 0.25) is 0 Å². The highest BCUT2D eigenvalue weighted by Gasteiger charge is 2.33. The van der Waals surface area contributed by atoms with E-state index in [1.54, 1.807) is 6.07 Å². The highest BCUT2D eigenvalue weighted by Crippen LogP contribution is 2.36. The van der Waals surface area contributed by atoms with Gasteiger partial charge in [-0.05, 0) is 85.8 Å². The summed E-state index contributed by atoms with van der Waals surface area (Å²) in [6, 6.07) is 12.9. The minimum Gasteiger partial charge on any atom is -0.398 e. The van der Waals surface area contributed by atoms with Gasteiger partial charge in [0.15, 0.2) is 0 Å². The first-order valence-corrected chi connectivity index (χ1v) is 13.8. The zero-order valence-corrected chi connectivity index (χ0v) is 22.7. The number of hydrogen-bond acceptors (Lipinski definition) is 4. The molecule has 0 atom stereocenters. The summed E-state index contributed by atoms with van der Waals surface area (Å²) in [5.41, 5.74) is 7.57. The van der Waals surface area contributed by atoms with Gasteiger partial charge in [-0.3, -0.25) is 4.79 Å². The van der Waals surface area contributed by atoms with Gasteiger partial charge in [0, 0.05) is 48.7 Å². The summed E-state index contributed by atoms with van der Waals surface area (Å²) in [4.78, 5) is 15.2. The second-order valence-electron chi connectivity index (χ2n) is 12.0. The summed E-state index contributed by atoms with van der Waals surface area (Å²) in [6.45, 7) is 9.37. The number of alkyl halides is 3. The molecule has 0 aromatic heterocycles. The Hall–Kier alpha value is -2.90. The number of amides is 1. The van der Waals surface area contributed by atoms with Crippen molar-refractivity contribution < 1.29 is 18.0 Å². The van der Waals surface area contributed by atoms with Gasteiger partial charge in [-0.2, -0.15) is 13.2 Å². The number of hydrogen-bond donors (Lipinski definition) is 3. The predicted molar refractivity (Wildman–Crippen MR) is 148 cm³/mol. The normalized spacial score (nSPS) is 21.3. The van der Waals surface area contributed by atoms with Crippen LogP contribution in [0, 0.1) is 11.8 Å². The number of carbonyl (C=O) groups excluding carboxylic acids is 1. The summed E-state index contributed by atoms with van der Waals surface area (Å²) in [5.74, 6) is 0.553. The number of anilines is 3. The Morgan fingerprint density at radius 1 is 0.947 bits per heavy atom. The maximum atomic E-state index is 13.1. The Kier molecular flexibility index (Phi) is 8.48. The van der Waals surface area contributed by atoms with Crippen molar-refractivity contribution in [3.63, 3.8) is 0 Å². The van der Waals surface area contributed by atoms with Crippen LogP contribution in [0.25, 0.3) is 0 Å². The topological polar surface area (TPSA) is 70.4 Å². The van der Waals surface area contributed by atoms with Crippen molar-refractivity contribution in [2.45, 2.75) is 76.9 Å². The number of benzene rings is 2. The van der Waals surface area contributed by atoms with Crippen LogP contribution in [-0.2, 0) is 16.4 Å². The molecule has 4 N–H and O–H groups in total. The monoisotopic (exact) mass is 530 g/mol. The molecule has 1 heterocycles. The van der Waals surface area contributed by atoms with Crippen molar-refractivity contribution in [1.82, 2.24) is 5.32 Å². The van der Waals surface area contributed by atoms with E-state index in [1.165, 1.54) is 17.3 Å². The van der Waals surface area contributed by atoms with Crippen LogP contribution in [0.4, 0.5) is 30.2 Å². The maximum Gasteiger partial charge on any atom is 0.418 e. The molecule has 8 heteroatoms. The van der Waals surface area contributed by atoms with Crippen LogP contribution in [0.1, 0.15) is 70.4 Å². The molecule has 5 nitrogen and oxygen atoms in total. The fourth-order valence-corrected chi connectivity index (χ4v) is 5.58. The van der Waals surface area contributed by atoms with E-state index in [-0.39, 0.29) is 29.0 Å². The zero-order valence-electron chi connectivity index (χ0n) is 22.7. The molecule has 1 aliphatic carbocycles. The fourth-order valence-electron chi connectivity index (χ4n) is 5.58. The second kappa shape index (κ2) is 11.5. The number of nitrogens with zero attached hydrogens (tertiary/aromatic N) is 1. The quantitative estimate of drug-likeness (QED) is 0.369. The van der Waals surface area contributed by atoms with Crippen LogP contribution in [-0.4, -0.2) is 31.6 Å². The number of nitrogen functional groups attached to an aromatic ring is 1. The van der Waals surface area contributed by atoms with Crippen molar-refractivity contribution in [2.24, 2.45) is 11.8 Å². The van der Waals surface area contributed by atoms with E-state index in [0.29, 0.717) is 18.2 Å². The van der Waals surface area contributed by atoms with Gasteiger partial charge in [-0.1, -0.05) is 32.9 Å². The van der Waals surface area contributed by atoms with Crippen molar-refractivity contribution in [1.29, 1.82) is 0 Å². The van der Waals surface area contributed by atoms with Crippen LogP contribution in [0.15, 0.2) is 42.5 Å². The first kappa shape index (κ1) is 28.1. The molecule has 4 rings (SSSR count). The molecule has 2 fully saturated rings. The minimum absolute atomic E-state index is 0.0355. The summed E-state index contributed by atoms with van der Waals surface area (Å²) in [5, 5.41) is 6.38. The molecule has 0 bridgehead atoms. The van der Waals surface area contributed by atoms with Crippen molar-refractivity contribution >= 4 is 23.0 Å². The van der Waals surface area contributed by atoms with Gasteiger partial charge in [0.2, 0.25) is 5.91 Å². The van der Waals surface area contributed by atoms with Gasteiger partial charge in [0.05, 0.1) is 5.56 Å². The second-order valence-corrected chi connectivity index (χ2v) is 12.0. The maximum absolute atomic E-state index is 13.1. The summed E-state index contributed by atoms with van der Waals surface area (Å²) < 4.78 is 39.4. The van der Waals surface area contributed by atoms with E-state index >= 15 is 0 Å². The number of rotatable bonds is 6. The third kappa shape index (κ3) is 7.14. The van der Waals surface area contributed by atoms with Crippen molar-refractivity contribution in [2.75, 3.05) is 35.6 Å². The first-order chi connectivity index (χ1) is 17.9. The summed E-state index contributed by atoms with van der Waals surface area (Å²) in [6.07, 6.45) is 0.582. The number of carbonyl (C=O) groups is 1. The van der Waals surface area contributed by atoms with Crippen LogP contribution in [0.5, 0.6) is 0 Å². The number of nitrogens with one attached hydrogen (secondary N) is 2. The Morgan fingerprint density at radius 2 is 1.58 bits per heavy atom. The average Bonchev–Trinajstić information content (AvgIpc) is 2.88. The van der Waals surface area contributed by atoms with Crippen molar-refractivity contribution in [3.05, 3.63) is 53.6 Å². The van der Waals surface area contributed by atoms with E-state index in [9.17, 15) is 18.0 Å². The van der Waals surface area contributed by atoms with Crippen LogP contribution >= 0.6 is 0 Å². The third-order valence-electron chi connectivity index (χ3n) is 8.11. The molecule has 2 aliphatic rings. The fraction of sp³-hybridized carbons (Fsp3) is 0.567. The molecule has 2 aromatic rings. The standard InChI is InChI=1S/C30H41F3N4O/c1-29(2,3)22-6-11-25(12-7-22)37-16-14-20(15-17-37)19-35-28(38)21-4-8-23(9-5-21)36-24-10-13-27(34)26(18-24)30(31,32)33/h6-7,10-13,18,20-21,23,36H,4-5,8-9,14-17,19,34H2,1-3H3,(H,35,38). The summed E-state index contributed by atoms with van der Waals surface area (Å²) >= 11 is 0. The lowest BCUT2D eigenvalue weighted by molar-refractivity contribution is -0.136. The smallest absolute Gasteiger partial charge is 0.398 e. The first-order valence-electron chi connectivity index (χ1n) is 13.8.